The molecule has 1 aromatic rings. The Morgan fingerprint density at radius 2 is 2.24 bits per heavy atom. The maximum absolute atomic E-state index is 11.6. The molecule has 1 aromatic heterocycles. The number of aliphatic hydroxyl groups is 1. The van der Waals surface area contributed by atoms with Crippen molar-refractivity contribution in [1.82, 2.24) is 15.5 Å². The first-order valence-corrected chi connectivity index (χ1v) is 6.25. The molecule has 5 heteroatoms. The van der Waals surface area contributed by atoms with Crippen LogP contribution in [0.1, 0.15) is 54.2 Å². The lowest BCUT2D eigenvalue weighted by Crippen LogP contribution is -2.26. The molecule has 94 valence electrons. The molecule has 1 aliphatic rings. The van der Waals surface area contributed by atoms with Crippen LogP contribution in [0, 0.1) is 0 Å². The van der Waals surface area contributed by atoms with E-state index in [0.29, 0.717) is 11.6 Å². The summed E-state index contributed by atoms with van der Waals surface area (Å²) in [6.07, 6.45) is 6.19. The predicted molar refractivity (Wildman–Crippen MR) is 63.8 cm³/mol. The first kappa shape index (κ1) is 12.1. The second kappa shape index (κ2) is 5.82. The zero-order chi connectivity index (χ0) is 12.1. The molecule has 5 nitrogen and oxygen atoms in total. The smallest absolute Gasteiger partial charge is 0.271 e. The molecule has 0 bridgehead atoms. The third kappa shape index (κ3) is 3.06. The van der Waals surface area contributed by atoms with E-state index in [0.717, 1.165) is 5.69 Å². The number of nitrogens with zero attached hydrogens (tertiary/aromatic N) is 1. The number of H-pyrrole nitrogens is 1. The zero-order valence-electron chi connectivity index (χ0n) is 9.91. The van der Waals surface area contributed by atoms with Crippen molar-refractivity contribution in [2.75, 3.05) is 13.2 Å². The Hall–Kier alpha value is -1.36. The van der Waals surface area contributed by atoms with Gasteiger partial charge in [-0.2, -0.15) is 5.10 Å². The first-order chi connectivity index (χ1) is 8.31. The quantitative estimate of drug-likeness (QED) is 0.735. The van der Waals surface area contributed by atoms with Crippen molar-refractivity contribution in [3.8, 4) is 0 Å². The van der Waals surface area contributed by atoms with E-state index in [2.05, 4.69) is 15.5 Å². The van der Waals surface area contributed by atoms with Crippen LogP contribution in [0.15, 0.2) is 6.07 Å². The average Bonchev–Trinajstić information content (AvgIpc) is 2.86. The van der Waals surface area contributed by atoms with Crippen LogP contribution in [0.4, 0.5) is 0 Å². The molecule has 0 saturated heterocycles. The summed E-state index contributed by atoms with van der Waals surface area (Å²) in [5.74, 6) is 0.299. The van der Waals surface area contributed by atoms with Gasteiger partial charge in [-0.05, 0) is 18.9 Å². The third-order valence-electron chi connectivity index (χ3n) is 3.27. The fourth-order valence-electron chi connectivity index (χ4n) is 2.34. The minimum Gasteiger partial charge on any atom is -0.395 e. The molecule has 3 N–H and O–H groups in total. The van der Waals surface area contributed by atoms with Crippen molar-refractivity contribution in [2.45, 2.75) is 38.0 Å². The topological polar surface area (TPSA) is 78.0 Å². The maximum Gasteiger partial charge on any atom is 0.271 e. The Bertz CT molecular complexity index is 370. The van der Waals surface area contributed by atoms with E-state index in [9.17, 15) is 4.79 Å². The van der Waals surface area contributed by atoms with E-state index in [1.54, 1.807) is 0 Å². The van der Waals surface area contributed by atoms with Gasteiger partial charge in [-0.1, -0.05) is 19.3 Å². The molecule has 0 aromatic carbocycles. The number of nitrogens with one attached hydrogen (secondary N) is 2. The maximum atomic E-state index is 11.6. The number of carbonyl (C=O) groups excluding carboxylic acids is 1. The molecule has 1 fully saturated rings. The van der Waals surface area contributed by atoms with E-state index in [4.69, 9.17) is 5.11 Å². The molecule has 17 heavy (non-hydrogen) atoms. The number of aromatic amines is 1. The molecule has 0 spiro atoms. The van der Waals surface area contributed by atoms with E-state index < -0.39 is 0 Å². The third-order valence-corrected chi connectivity index (χ3v) is 3.27. The highest BCUT2D eigenvalue weighted by molar-refractivity contribution is 5.92. The van der Waals surface area contributed by atoms with Crippen LogP contribution in [0.3, 0.4) is 0 Å². The monoisotopic (exact) mass is 237 g/mol. The van der Waals surface area contributed by atoms with Crippen molar-refractivity contribution in [3.63, 3.8) is 0 Å². The van der Waals surface area contributed by atoms with Gasteiger partial charge in [0.15, 0.2) is 0 Å². The van der Waals surface area contributed by atoms with E-state index in [1.165, 1.54) is 32.1 Å². The summed E-state index contributed by atoms with van der Waals surface area (Å²) in [5, 5.41) is 18.2. The van der Waals surface area contributed by atoms with Gasteiger partial charge in [0.05, 0.1) is 6.61 Å². The molecule has 0 unspecified atom stereocenters. The first-order valence-electron chi connectivity index (χ1n) is 6.25. The Kier molecular flexibility index (Phi) is 4.14. The van der Waals surface area contributed by atoms with Gasteiger partial charge in [0, 0.05) is 18.2 Å². The van der Waals surface area contributed by atoms with Crippen molar-refractivity contribution < 1.29 is 9.90 Å². The van der Waals surface area contributed by atoms with Crippen LogP contribution < -0.4 is 5.32 Å². The lowest BCUT2D eigenvalue weighted by atomic mass is 9.87. The molecule has 1 saturated carbocycles. The highest BCUT2D eigenvalue weighted by atomic mass is 16.3. The summed E-state index contributed by atoms with van der Waals surface area (Å²) in [6, 6.07) is 1.84. The van der Waals surface area contributed by atoms with Crippen LogP contribution in [0.25, 0.3) is 0 Å². The number of aliphatic hydroxyl groups excluding tert-OH is 1. The second-order valence-corrected chi connectivity index (χ2v) is 4.52. The van der Waals surface area contributed by atoms with Gasteiger partial charge in [-0.3, -0.25) is 9.89 Å². The van der Waals surface area contributed by atoms with Gasteiger partial charge in [0.2, 0.25) is 0 Å². The summed E-state index contributed by atoms with van der Waals surface area (Å²) in [4.78, 5) is 11.6. The standard InChI is InChI=1S/C12H19N3O2/c16-7-6-13-12(17)11-8-10(14-15-11)9-4-2-1-3-5-9/h8-9,16H,1-7H2,(H,13,17)(H,14,15). The van der Waals surface area contributed by atoms with Crippen molar-refractivity contribution in [2.24, 2.45) is 0 Å². The van der Waals surface area contributed by atoms with Crippen LogP contribution in [0.2, 0.25) is 0 Å². The Morgan fingerprint density at radius 1 is 1.47 bits per heavy atom. The summed E-state index contributed by atoms with van der Waals surface area (Å²) >= 11 is 0. The molecule has 1 aliphatic carbocycles. The highest BCUT2D eigenvalue weighted by Gasteiger charge is 2.19. The zero-order valence-corrected chi connectivity index (χ0v) is 9.91. The average molecular weight is 237 g/mol. The van der Waals surface area contributed by atoms with Crippen LogP contribution in [-0.2, 0) is 0 Å². The van der Waals surface area contributed by atoms with Crippen LogP contribution >= 0.6 is 0 Å². The number of rotatable bonds is 4. The number of hydrogen-bond donors (Lipinski definition) is 3. The Labute approximate surface area is 101 Å². The van der Waals surface area contributed by atoms with Crippen molar-refractivity contribution >= 4 is 5.91 Å². The fourth-order valence-corrected chi connectivity index (χ4v) is 2.34. The Balaban J connectivity index is 1.97. The van der Waals surface area contributed by atoms with E-state index in [-0.39, 0.29) is 19.1 Å². The Morgan fingerprint density at radius 3 is 2.94 bits per heavy atom. The number of amides is 1. The summed E-state index contributed by atoms with van der Waals surface area (Å²) in [7, 11) is 0. The number of carbonyl (C=O) groups is 1. The van der Waals surface area contributed by atoms with E-state index >= 15 is 0 Å². The minimum atomic E-state index is -0.225. The molecular weight excluding hydrogens is 218 g/mol. The summed E-state index contributed by atoms with van der Waals surface area (Å²) in [5.41, 5.74) is 1.48. The van der Waals surface area contributed by atoms with Crippen LogP contribution in [-0.4, -0.2) is 34.4 Å². The van der Waals surface area contributed by atoms with Gasteiger partial charge in [-0.25, -0.2) is 0 Å². The van der Waals surface area contributed by atoms with Crippen molar-refractivity contribution in [1.29, 1.82) is 0 Å². The number of aromatic nitrogens is 2. The second-order valence-electron chi connectivity index (χ2n) is 4.52. The van der Waals surface area contributed by atoms with Crippen LogP contribution in [0.5, 0.6) is 0 Å². The van der Waals surface area contributed by atoms with E-state index in [1.807, 2.05) is 6.07 Å². The lowest BCUT2D eigenvalue weighted by Gasteiger charge is -2.19. The van der Waals surface area contributed by atoms with Gasteiger partial charge in [0.1, 0.15) is 5.69 Å². The van der Waals surface area contributed by atoms with Gasteiger partial charge >= 0.3 is 0 Å². The molecule has 2 rings (SSSR count). The SMILES string of the molecule is O=C(NCCO)c1cc(C2CCCCC2)[nH]n1. The molecular formula is C12H19N3O2. The predicted octanol–water partition coefficient (Wildman–Crippen LogP) is 1.18. The fraction of sp³-hybridized carbons (Fsp3) is 0.667. The molecule has 0 aliphatic heterocycles. The molecule has 1 heterocycles. The molecule has 0 radical (unpaired) electrons. The molecule has 1 amide bonds. The summed E-state index contributed by atoms with van der Waals surface area (Å²) in [6.45, 7) is 0.218. The van der Waals surface area contributed by atoms with Crippen molar-refractivity contribution in [3.05, 3.63) is 17.5 Å². The largest absolute Gasteiger partial charge is 0.395 e. The number of hydrogen-bond acceptors (Lipinski definition) is 3. The highest BCUT2D eigenvalue weighted by Crippen LogP contribution is 2.31. The molecule has 0 atom stereocenters. The van der Waals surface area contributed by atoms with Gasteiger partial charge in [0.25, 0.3) is 5.91 Å². The normalized spacial score (nSPS) is 17.0. The summed E-state index contributed by atoms with van der Waals surface area (Å²) < 4.78 is 0. The minimum absolute atomic E-state index is 0.0500. The lowest BCUT2D eigenvalue weighted by molar-refractivity contribution is 0.0940. The van der Waals surface area contributed by atoms with Gasteiger partial charge < -0.3 is 10.4 Å². The van der Waals surface area contributed by atoms with Gasteiger partial charge in [-0.15, -0.1) is 0 Å².